The minimum atomic E-state index is -0.201. The predicted molar refractivity (Wildman–Crippen MR) is 79.2 cm³/mol. The zero-order valence-electron chi connectivity index (χ0n) is 11.0. The summed E-state index contributed by atoms with van der Waals surface area (Å²) in [6.07, 6.45) is 2.90. The summed E-state index contributed by atoms with van der Waals surface area (Å²) in [7, 11) is 0. The van der Waals surface area contributed by atoms with Gasteiger partial charge in [-0.3, -0.25) is 5.41 Å². The Kier molecular flexibility index (Phi) is 5.66. The van der Waals surface area contributed by atoms with Crippen LogP contribution in [0.15, 0.2) is 28.7 Å². The molecule has 1 rings (SSSR count). The van der Waals surface area contributed by atoms with Crippen LogP contribution in [0, 0.1) is 10.8 Å². The second-order valence-corrected chi connectivity index (χ2v) is 5.89. The Bertz CT molecular complexity index is 405. The number of nitrogens with two attached hydrogens (primary N) is 1. The molecular weight excluding hydrogens is 292 g/mol. The SMILES string of the molecule is CC(C)(CCCCOc1ccccc1Br)C(=N)N. The van der Waals surface area contributed by atoms with Crippen LogP contribution in [-0.2, 0) is 0 Å². The summed E-state index contributed by atoms with van der Waals surface area (Å²) in [5, 5.41) is 7.48. The maximum atomic E-state index is 7.48. The van der Waals surface area contributed by atoms with Crippen LogP contribution in [0.3, 0.4) is 0 Å². The minimum Gasteiger partial charge on any atom is -0.492 e. The van der Waals surface area contributed by atoms with Gasteiger partial charge in [0.1, 0.15) is 5.75 Å². The number of hydrogen-bond donors (Lipinski definition) is 2. The van der Waals surface area contributed by atoms with Crippen molar-refractivity contribution >= 4 is 21.8 Å². The van der Waals surface area contributed by atoms with Gasteiger partial charge in [0.05, 0.1) is 16.9 Å². The summed E-state index contributed by atoms with van der Waals surface area (Å²) in [4.78, 5) is 0. The van der Waals surface area contributed by atoms with Crippen molar-refractivity contribution in [3.63, 3.8) is 0 Å². The number of nitrogens with one attached hydrogen (secondary N) is 1. The van der Waals surface area contributed by atoms with Crippen LogP contribution in [0.1, 0.15) is 33.1 Å². The van der Waals surface area contributed by atoms with Crippen molar-refractivity contribution in [2.24, 2.45) is 11.1 Å². The highest BCUT2D eigenvalue weighted by molar-refractivity contribution is 9.10. The molecule has 0 aliphatic rings. The normalized spacial score (nSPS) is 11.3. The van der Waals surface area contributed by atoms with E-state index >= 15 is 0 Å². The van der Waals surface area contributed by atoms with Gasteiger partial charge >= 0.3 is 0 Å². The van der Waals surface area contributed by atoms with Gasteiger partial charge in [-0.25, -0.2) is 0 Å². The van der Waals surface area contributed by atoms with Crippen molar-refractivity contribution in [1.82, 2.24) is 0 Å². The summed E-state index contributed by atoms with van der Waals surface area (Å²) in [5.41, 5.74) is 5.34. The maximum Gasteiger partial charge on any atom is 0.133 e. The van der Waals surface area contributed by atoms with E-state index in [1.165, 1.54) is 0 Å². The quantitative estimate of drug-likeness (QED) is 0.455. The Labute approximate surface area is 117 Å². The molecule has 0 atom stereocenters. The van der Waals surface area contributed by atoms with E-state index in [1.54, 1.807) is 0 Å². The predicted octanol–water partition coefficient (Wildman–Crippen LogP) is 3.96. The van der Waals surface area contributed by atoms with Gasteiger partial charge in [0.2, 0.25) is 0 Å². The van der Waals surface area contributed by atoms with Crippen molar-refractivity contribution < 1.29 is 4.74 Å². The van der Waals surface area contributed by atoms with E-state index in [2.05, 4.69) is 15.9 Å². The van der Waals surface area contributed by atoms with Crippen LogP contribution in [0.4, 0.5) is 0 Å². The molecule has 0 aliphatic carbocycles. The lowest BCUT2D eigenvalue weighted by atomic mass is 9.86. The van der Waals surface area contributed by atoms with Gasteiger partial charge in [0.15, 0.2) is 0 Å². The third-order valence-electron chi connectivity index (χ3n) is 3.02. The Balaban J connectivity index is 2.24. The zero-order chi connectivity index (χ0) is 13.6. The molecule has 0 radical (unpaired) electrons. The summed E-state index contributed by atoms with van der Waals surface area (Å²) in [6.45, 7) is 4.70. The Hall–Kier alpha value is -1.03. The molecule has 3 nitrogen and oxygen atoms in total. The molecule has 0 saturated carbocycles. The number of benzene rings is 1. The molecule has 0 fully saturated rings. The number of ether oxygens (including phenoxy) is 1. The lowest BCUT2D eigenvalue weighted by molar-refractivity contribution is 0.294. The Morgan fingerprint density at radius 2 is 2.00 bits per heavy atom. The fourth-order valence-electron chi connectivity index (χ4n) is 1.55. The molecule has 1 aromatic carbocycles. The second-order valence-electron chi connectivity index (χ2n) is 5.03. The minimum absolute atomic E-state index is 0.201. The second kappa shape index (κ2) is 6.78. The fourth-order valence-corrected chi connectivity index (χ4v) is 1.95. The van der Waals surface area contributed by atoms with Crippen LogP contribution >= 0.6 is 15.9 Å². The van der Waals surface area contributed by atoms with Crippen molar-refractivity contribution in [3.05, 3.63) is 28.7 Å². The third-order valence-corrected chi connectivity index (χ3v) is 3.67. The van der Waals surface area contributed by atoms with Gasteiger partial charge in [-0.15, -0.1) is 0 Å². The molecule has 0 aliphatic heterocycles. The van der Waals surface area contributed by atoms with Crippen molar-refractivity contribution in [3.8, 4) is 5.75 Å². The van der Waals surface area contributed by atoms with Crippen molar-refractivity contribution in [1.29, 1.82) is 5.41 Å². The third kappa shape index (κ3) is 4.69. The molecule has 0 unspecified atom stereocenters. The number of rotatable bonds is 7. The molecule has 0 heterocycles. The van der Waals surface area contributed by atoms with Crippen LogP contribution in [0.2, 0.25) is 0 Å². The van der Waals surface area contributed by atoms with Gasteiger partial charge in [0.25, 0.3) is 0 Å². The molecular formula is C14H21BrN2O. The van der Waals surface area contributed by atoms with Crippen molar-refractivity contribution in [2.45, 2.75) is 33.1 Å². The number of unbranched alkanes of at least 4 members (excludes halogenated alkanes) is 1. The maximum absolute atomic E-state index is 7.48. The topological polar surface area (TPSA) is 59.1 Å². The first-order valence-corrected chi connectivity index (χ1v) is 6.94. The molecule has 3 N–H and O–H groups in total. The molecule has 100 valence electrons. The van der Waals surface area contributed by atoms with E-state index in [0.717, 1.165) is 29.5 Å². The molecule has 4 heteroatoms. The molecule has 0 bridgehead atoms. The lowest BCUT2D eigenvalue weighted by Crippen LogP contribution is -2.30. The summed E-state index contributed by atoms with van der Waals surface area (Å²) >= 11 is 3.45. The molecule has 18 heavy (non-hydrogen) atoms. The van der Waals surface area contributed by atoms with E-state index in [-0.39, 0.29) is 11.3 Å². The zero-order valence-corrected chi connectivity index (χ0v) is 12.6. The van der Waals surface area contributed by atoms with E-state index in [1.807, 2.05) is 38.1 Å². The lowest BCUT2D eigenvalue weighted by Gasteiger charge is -2.22. The standard InChI is InChI=1S/C14H21BrN2O/c1-14(2,13(16)17)9-5-6-10-18-12-8-4-3-7-11(12)15/h3-4,7-8H,5-6,9-10H2,1-2H3,(H3,16,17). The number of para-hydroxylation sites is 1. The molecule has 0 saturated heterocycles. The highest BCUT2D eigenvalue weighted by atomic mass is 79.9. The molecule has 0 spiro atoms. The van der Waals surface area contributed by atoms with Crippen LogP contribution in [-0.4, -0.2) is 12.4 Å². The van der Waals surface area contributed by atoms with Crippen LogP contribution in [0.25, 0.3) is 0 Å². The van der Waals surface area contributed by atoms with Gasteiger partial charge in [-0.1, -0.05) is 26.0 Å². The summed E-state index contributed by atoms with van der Waals surface area (Å²) in [6, 6.07) is 7.84. The smallest absolute Gasteiger partial charge is 0.133 e. The Morgan fingerprint density at radius 3 is 2.61 bits per heavy atom. The van der Waals surface area contributed by atoms with Gasteiger partial charge in [-0.2, -0.15) is 0 Å². The van der Waals surface area contributed by atoms with E-state index in [9.17, 15) is 0 Å². The monoisotopic (exact) mass is 312 g/mol. The van der Waals surface area contributed by atoms with E-state index < -0.39 is 0 Å². The van der Waals surface area contributed by atoms with Gasteiger partial charge in [-0.05, 0) is 47.3 Å². The van der Waals surface area contributed by atoms with Crippen LogP contribution < -0.4 is 10.5 Å². The fraction of sp³-hybridized carbons (Fsp3) is 0.500. The van der Waals surface area contributed by atoms with Gasteiger partial charge < -0.3 is 10.5 Å². The summed E-state index contributed by atoms with van der Waals surface area (Å²) < 4.78 is 6.66. The average molecular weight is 313 g/mol. The summed E-state index contributed by atoms with van der Waals surface area (Å²) in [5.74, 6) is 1.14. The van der Waals surface area contributed by atoms with Gasteiger partial charge in [0, 0.05) is 5.41 Å². The van der Waals surface area contributed by atoms with Crippen LogP contribution in [0.5, 0.6) is 5.75 Å². The molecule has 0 amide bonds. The molecule has 0 aromatic heterocycles. The first kappa shape index (κ1) is 15.0. The highest BCUT2D eigenvalue weighted by Crippen LogP contribution is 2.25. The first-order chi connectivity index (χ1) is 8.43. The largest absolute Gasteiger partial charge is 0.492 e. The van der Waals surface area contributed by atoms with E-state index in [4.69, 9.17) is 15.9 Å². The number of amidine groups is 1. The number of hydrogen-bond acceptors (Lipinski definition) is 2. The number of halogens is 1. The average Bonchev–Trinajstić information content (AvgIpc) is 2.30. The molecule has 1 aromatic rings. The Morgan fingerprint density at radius 1 is 1.33 bits per heavy atom. The first-order valence-electron chi connectivity index (χ1n) is 6.15. The highest BCUT2D eigenvalue weighted by Gasteiger charge is 2.20. The van der Waals surface area contributed by atoms with Crippen molar-refractivity contribution in [2.75, 3.05) is 6.61 Å². The van der Waals surface area contributed by atoms with E-state index in [0.29, 0.717) is 6.61 Å².